The number of carbonyl (C=O) groups excluding carboxylic acids is 2. The summed E-state index contributed by atoms with van der Waals surface area (Å²) in [7, 11) is 1.30. The van der Waals surface area contributed by atoms with Gasteiger partial charge < -0.3 is 9.47 Å². The first-order chi connectivity index (χ1) is 6.70. The molecule has 1 amide bonds. The molecule has 1 aliphatic heterocycles. The molecule has 0 aromatic heterocycles. The number of rotatable bonds is 3. The van der Waals surface area contributed by atoms with Crippen LogP contribution in [0.5, 0.6) is 0 Å². The highest BCUT2D eigenvalue weighted by Crippen LogP contribution is 2.19. The van der Waals surface area contributed by atoms with Crippen molar-refractivity contribution < 1.29 is 19.1 Å². The van der Waals surface area contributed by atoms with Crippen molar-refractivity contribution in [2.24, 2.45) is 0 Å². The van der Waals surface area contributed by atoms with Gasteiger partial charge in [0.15, 0.2) is 0 Å². The van der Waals surface area contributed by atoms with E-state index in [4.69, 9.17) is 4.74 Å². The Morgan fingerprint density at radius 1 is 1.64 bits per heavy atom. The second-order valence-electron chi connectivity index (χ2n) is 2.89. The molecule has 0 spiro atoms. The summed E-state index contributed by atoms with van der Waals surface area (Å²) >= 11 is 0. The summed E-state index contributed by atoms with van der Waals surface area (Å²) in [6.07, 6.45) is 1.62. The fraction of sp³-hybridized carbons (Fsp3) is 0.556. The predicted molar refractivity (Wildman–Crippen MR) is 48.7 cm³/mol. The van der Waals surface area contributed by atoms with Crippen LogP contribution in [0.15, 0.2) is 12.7 Å². The first-order valence-electron chi connectivity index (χ1n) is 4.32. The molecule has 1 heterocycles. The molecular formula is C9H13NO4. The smallest absolute Gasteiger partial charge is 0.410 e. The van der Waals surface area contributed by atoms with Crippen molar-refractivity contribution in [2.75, 3.05) is 20.3 Å². The molecule has 1 unspecified atom stereocenters. The molecule has 0 N–H and O–H groups in total. The number of carbonyl (C=O) groups is 2. The van der Waals surface area contributed by atoms with E-state index in [2.05, 4.69) is 11.3 Å². The van der Waals surface area contributed by atoms with Crippen molar-refractivity contribution in [1.82, 2.24) is 4.90 Å². The van der Waals surface area contributed by atoms with Gasteiger partial charge in [-0.2, -0.15) is 0 Å². The normalized spacial score (nSPS) is 19.5. The number of hydrogen-bond acceptors (Lipinski definition) is 4. The third kappa shape index (κ3) is 2.04. The van der Waals surface area contributed by atoms with Crippen molar-refractivity contribution in [2.45, 2.75) is 12.5 Å². The summed E-state index contributed by atoms with van der Waals surface area (Å²) in [6.45, 7) is 4.11. The van der Waals surface area contributed by atoms with Gasteiger partial charge in [0.05, 0.1) is 7.11 Å². The lowest BCUT2D eigenvalue weighted by Crippen LogP contribution is -2.55. The molecule has 0 bridgehead atoms. The zero-order valence-corrected chi connectivity index (χ0v) is 8.06. The lowest BCUT2D eigenvalue weighted by molar-refractivity contribution is -0.150. The first-order valence-corrected chi connectivity index (χ1v) is 4.32. The molecule has 0 aromatic rings. The fourth-order valence-electron chi connectivity index (χ4n) is 1.20. The number of methoxy groups -OCH3 is 1. The van der Waals surface area contributed by atoms with Crippen LogP contribution in [0.3, 0.4) is 0 Å². The molecule has 78 valence electrons. The first kappa shape index (κ1) is 10.6. The molecule has 0 radical (unpaired) electrons. The van der Waals surface area contributed by atoms with Gasteiger partial charge in [0, 0.05) is 6.54 Å². The highest BCUT2D eigenvalue weighted by atomic mass is 16.6. The van der Waals surface area contributed by atoms with E-state index in [0.717, 1.165) is 0 Å². The summed E-state index contributed by atoms with van der Waals surface area (Å²) < 4.78 is 9.31. The largest absolute Gasteiger partial charge is 0.467 e. The van der Waals surface area contributed by atoms with E-state index < -0.39 is 18.1 Å². The number of amides is 1. The molecule has 1 fully saturated rings. The Morgan fingerprint density at radius 3 is 2.79 bits per heavy atom. The van der Waals surface area contributed by atoms with E-state index in [1.54, 1.807) is 0 Å². The van der Waals surface area contributed by atoms with Gasteiger partial charge in [-0.3, -0.25) is 4.90 Å². The predicted octanol–water partition coefficient (Wildman–Crippen LogP) is 0.556. The molecule has 0 saturated carbocycles. The fourth-order valence-corrected chi connectivity index (χ4v) is 1.20. The Hall–Kier alpha value is -1.52. The van der Waals surface area contributed by atoms with Gasteiger partial charge in [0.25, 0.3) is 0 Å². The third-order valence-corrected chi connectivity index (χ3v) is 2.05. The standard InChI is InChI=1S/C9H13NO4/c1-3-6-14-9(12)10-5-4-7(10)8(11)13-2/h3,7H,1,4-6H2,2H3. The molecular weight excluding hydrogens is 186 g/mol. The molecule has 1 atom stereocenters. The zero-order chi connectivity index (χ0) is 10.6. The van der Waals surface area contributed by atoms with Crippen LogP contribution in [-0.4, -0.2) is 43.3 Å². The van der Waals surface area contributed by atoms with Crippen LogP contribution in [0.2, 0.25) is 0 Å². The zero-order valence-electron chi connectivity index (χ0n) is 8.06. The molecule has 1 saturated heterocycles. The van der Waals surface area contributed by atoms with Gasteiger partial charge in [0.2, 0.25) is 0 Å². The van der Waals surface area contributed by atoms with Crippen molar-refractivity contribution >= 4 is 12.1 Å². The maximum Gasteiger partial charge on any atom is 0.410 e. The number of esters is 1. The lowest BCUT2D eigenvalue weighted by Gasteiger charge is -2.37. The lowest BCUT2D eigenvalue weighted by atomic mass is 10.1. The average molecular weight is 199 g/mol. The van der Waals surface area contributed by atoms with Crippen LogP contribution < -0.4 is 0 Å². The minimum absolute atomic E-state index is 0.156. The molecule has 1 aliphatic rings. The third-order valence-electron chi connectivity index (χ3n) is 2.05. The van der Waals surface area contributed by atoms with Crippen LogP contribution in [0.4, 0.5) is 4.79 Å². The summed E-state index contributed by atoms with van der Waals surface area (Å²) in [6, 6.07) is -0.475. The Morgan fingerprint density at radius 2 is 2.36 bits per heavy atom. The molecule has 5 heteroatoms. The second-order valence-corrected chi connectivity index (χ2v) is 2.89. The Balaban J connectivity index is 2.41. The van der Waals surface area contributed by atoms with Crippen LogP contribution in [-0.2, 0) is 14.3 Å². The molecule has 1 rings (SSSR count). The number of ether oxygens (including phenoxy) is 2. The van der Waals surface area contributed by atoms with E-state index in [-0.39, 0.29) is 6.61 Å². The highest BCUT2D eigenvalue weighted by Gasteiger charge is 2.39. The second kappa shape index (κ2) is 4.64. The van der Waals surface area contributed by atoms with E-state index in [9.17, 15) is 9.59 Å². The maximum atomic E-state index is 11.3. The topological polar surface area (TPSA) is 55.8 Å². The SMILES string of the molecule is C=CCOC(=O)N1CCC1C(=O)OC. The van der Waals surface area contributed by atoms with Crippen molar-refractivity contribution in [3.63, 3.8) is 0 Å². The van der Waals surface area contributed by atoms with E-state index in [0.29, 0.717) is 13.0 Å². The van der Waals surface area contributed by atoms with Crippen molar-refractivity contribution in [3.05, 3.63) is 12.7 Å². The average Bonchev–Trinajstić information content (AvgIpc) is 2.12. The van der Waals surface area contributed by atoms with Gasteiger partial charge in [-0.25, -0.2) is 9.59 Å². The number of nitrogens with zero attached hydrogens (tertiary/aromatic N) is 1. The van der Waals surface area contributed by atoms with E-state index in [1.165, 1.54) is 18.1 Å². The Labute approximate surface area is 82.3 Å². The summed E-state index contributed by atoms with van der Waals surface area (Å²) in [5.74, 6) is -0.396. The molecule has 5 nitrogen and oxygen atoms in total. The minimum atomic E-state index is -0.494. The van der Waals surface area contributed by atoms with Crippen LogP contribution >= 0.6 is 0 Å². The molecule has 0 aromatic carbocycles. The van der Waals surface area contributed by atoms with Crippen LogP contribution in [0.1, 0.15) is 6.42 Å². The van der Waals surface area contributed by atoms with Gasteiger partial charge in [-0.1, -0.05) is 12.7 Å². The maximum absolute atomic E-state index is 11.3. The van der Waals surface area contributed by atoms with Crippen molar-refractivity contribution in [3.8, 4) is 0 Å². The molecule has 14 heavy (non-hydrogen) atoms. The van der Waals surface area contributed by atoms with Gasteiger partial charge >= 0.3 is 12.1 Å². The number of likely N-dealkylation sites (tertiary alicyclic amines) is 1. The van der Waals surface area contributed by atoms with E-state index in [1.807, 2.05) is 0 Å². The Bertz CT molecular complexity index is 251. The van der Waals surface area contributed by atoms with Crippen LogP contribution in [0.25, 0.3) is 0 Å². The number of hydrogen-bond donors (Lipinski definition) is 0. The van der Waals surface area contributed by atoms with Gasteiger partial charge in [0.1, 0.15) is 12.6 Å². The van der Waals surface area contributed by atoms with Crippen molar-refractivity contribution in [1.29, 1.82) is 0 Å². The molecule has 0 aliphatic carbocycles. The van der Waals surface area contributed by atoms with Gasteiger partial charge in [-0.05, 0) is 6.42 Å². The Kier molecular flexibility index (Phi) is 3.50. The summed E-state index contributed by atoms with van der Waals surface area (Å²) in [5.41, 5.74) is 0. The van der Waals surface area contributed by atoms with Gasteiger partial charge in [-0.15, -0.1) is 0 Å². The van der Waals surface area contributed by atoms with E-state index >= 15 is 0 Å². The minimum Gasteiger partial charge on any atom is -0.467 e. The quantitative estimate of drug-likeness (QED) is 0.492. The summed E-state index contributed by atoms with van der Waals surface area (Å²) in [4.78, 5) is 23.7. The highest BCUT2D eigenvalue weighted by molar-refractivity contribution is 5.83. The summed E-state index contributed by atoms with van der Waals surface area (Å²) in [5, 5.41) is 0. The van der Waals surface area contributed by atoms with Crippen LogP contribution in [0, 0.1) is 0 Å². The monoisotopic (exact) mass is 199 g/mol.